The Morgan fingerprint density at radius 1 is 1.64 bits per heavy atom. The third-order valence-corrected chi connectivity index (χ3v) is 1.41. The van der Waals surface area contributed by atoms with Crippen LogP contribution in [0.15, 0.2) is 0 Å². The SMILES string of the molecule is COCN1COCN(C)C1=O. The Hall–Kier alpha value is -0.810. The van der Waals surface area contributed by atoms with E-state index in [0.29, 0.717) is 13.5 Å². The van der Waals surface area contributed by atoms with E-state index >= 15 is 0 Å². The van der Waals surface area contributed by atoms with Crippen molar-refractivity contribution in [2.45, 2.75) is 0 Å². The van der Waals surface area contributed by atoms with E-state index in [2.05, 4.69) is 0 Å². The number of amides is 2. The Balaban J connectivity index is 2.44. The summed E-state index contributed by atoms with van der Waals surface area (Å²) in [5, 5.41) is 0. The van der Waals surface area contributed by atoms with Crippen molar-refractivity contribution in [1.82, 2.24) is 9.80 Å². The summed E-state index contributed by atoms with van der Waals surface area (Å²) in [6.45, 7) is 0.958. The largest absolute Gasteiger partial charge is 0.364 e. The van der Waals surface area contributed by atoms with E-state index in [1.54, 1.807) is 14.2 Å². The van der Waals surface area contributed by atoms with E-state index in [9.17, 15) is 4.79 Å². The van der Waals surface area contributed by atoms with Gasteiger partial charge in [-0.3, -0.25) is 4.90 Å². The van der Waals surface area contributed by atoms with Crippen LogP contribution in [0.1, 0.15) is 0 Å². The fraction of sp³-hybridized carbons (Fsp3) is 0.833. The summed E-state index contributed by atoms with van der Waals surface area (Å²) in [7, 11) is 3.23. The van der Waals surface area contributed by atoms with Gasteiger partial charge in [0.1, 0.15) is 20.2 Å². The van der Waals surface area contributed by atoms with Crippen LogP contribution in [-0.2, 0) is 9.47 Å². The van der Waals surface area contributed by atoms with Gasteiger partial charge in [0.2, 0.25) is 0 Å². The number of hydrogen-bond acceptors (Lipinski definition) is 3. The molecule has 64 valence electrons. The fourth-order valence-corrected chi connectivity index (χ4v) is 0.888. The van der Waals surface area contributed by atoms with Crippen molar-refractivity contribution in [1.29, 1.82) is 0 Å². The first-order chi connectivity index (χ1) is 5.25. The molecule has 0 N–H and O–H groups in total. The Morgan fingerprint density at radius 2 is 2.36 bits per heavy atom. The molecule has 0 bridgehead atoms. The Kier molecular flexibility index (Phi) is 2.67. The molecule has 5 nitrogen and oxygen atoms in total. The average molecular weight is 160 g/mol. The number of ether oxygens (including phenoxy) is 2. The number of carbonyl (C=O) groups excluding carboxylic acids is 1. The molecule has 0 radical (unpaired) electrons. The Morgan fingerprint density at radius 3 is 3.00 bits per heavy atom. The predicted octanol–water partition coefficient (Wildman–Crippen LogP) is -0.111. The molecule has 11 heavy (non-hydrogen) atoms. The molecule has 0 aliphatic carbocycles. The molecule has 1 saturated heterocycles. The second-order valence-electron chi connectivity index (χ2n) is 2.40. The van der Waals surface area contributed by atoms with Gasteiger partial charge in [-0.2, -0.15) is 0 Å². The molecule has 1 fully saturated rings. The summed E-state index contributed by atoms with van der Waals surface area (Å²) in [4.78, 5) is 14.2. The number of methoxy groups -OCH3 is 1. The number of rotatable bonds is 2. The van der Waals surface area contributed by atoms with E-state index in [1.165, 1.54) is 9.80 Å². The smallest absolute Gasteiger partial charge is 0.325 e. The van der Waals surface area contributed by atoms with Crippen LogP contribution < -0.4 is 0 Å². The molecule has 5 heteroatoms. The molecule has 0 atom stereocenters. The molecule has 0 unspecified atom stereocenters. The highest BCUT2D eigenvalue weighted by Crippen LogP contribution is 2.03. The molecule has 0 spiro atoms. The van der Waals surface area contributed by atoms with Crippen molar-refractivity contribution < 1.29 is 14.3 Å². The van der Waals surface area contributed by atoms with Gasteiger partial charge in [0.25, 0.3) is 0 Å². The first-order valence-electron chi connectivity index (χ1n) is 3.32. The number of urea groups is 1. The Bertz CT molecular complexity index is 149. The van der Waals surface area contributed by atoms with Gasteiger partial charge in [-0.1, -0.05) is 0 Å². The summed E-state index contributed by atoms with van der Waals surface area (Å²) in [6, 6.07) is -0.0573. The van der Waals surface area contributed by atoms with Crippen molar-refractivity contribution in [3.05, 3.63) is 0 Å². The van der Waals surface area contributed by atoms with Gasteiger partial charge in [0.05, 0.1) is 0 Å². The average Bonchev–Trinajstić information content (AvgIpc) is 1.99. The molecule has 0 aromatic rings. The van der Waals surface area contributed by atoms with E-state index < -0.39 is 0 Å². The summed E-state index contributed by atoms with van der Waals surface area (Å²) in [6.07, 6.45) is 0. The molecular weight excluding hydrogens is 148 g/mol. The van der Waals surface area contributed by atoms with Crippen molar-refractivity contribution >= 4 is 6.03 Å². The minimum atomic E-state index is -0.0573. The number of nitrogens with zero attached hydrogens (tertiary/aromatic N) is 2. The highest BCUT2D eigenvalue weighted by Gasteiger charge is 2.22. The van der Waals surface area contributed by atoms with Crippen molar-refractivity contribution in [2.24, 2.45) is 0 Å². The minimum Gasteiger partial charge on any atom is -0.364 e. The van der Waals surface area contributed by atoms with Crippen molar-refractivity contribution in [3.63, 3.8) is 0 Å². The highest BCUT2D eigenvalue weighted by atomic mass is 16.5. The molecule has 1 aliphatic rings. The first kappa shape index (κ1) is 8.29. The normalized spacial score (nSPS) is 19.3. The molecule has 2 amide bonds. The van der Waals surface area contributed by atoms with Crippen LogP contribution in [0, 0.1) is 0 Å². The number of carbonyl (C=O) groups is 1. The number of hydrogen-bond donors (Lipinski definition) is 0. The quantitative estimate of drug-likeness (QED) is 0.566. The third kappa shape index (κ3) is 1.81. The topological polar surface area (TPSA) is 42.0 Å². The summed E-state index contributed by atoms with van der Waals surface area (Å²) >= 11 is 0. The zero-order valence-corrected chi connectivity index (χ0v) is 6.74. The van der Waals surface area contributed by atoms with Gasteiger partial charge in [-0.25, -0.2) is 4.79 Å². The van der Waals surface area contributed by atoms with Crippen LogP contribution in [0.2, 0.25) is 0 Å². The van der Waals surface area contributed by atoms with E-state index in [4.69, 9.17) is 9.47 Å². The summed E-state index contributed by atoms with van der Waals surface area (Å²) in [5.41, 5.74) is 0. The lowest BCUT2D eigenvalue weighted by atomic mass is 10.6. The van der Waals surface area contributed by atoms with Crippen LogP contribution in [-0.4, -0.2) is 50.2 Å². The van der Waals surface area contributed by atoms with Gasteiger partial charge >= 0.3 is 6.03 Å². The molecule has 0 saturated carbocycles. The first-order valence-corrected chi connectivity index (χ1v) is 3.32. The van der Waals surface area contributed by atoms with Crippen LogP contribution in [0.3, 0.4) is 0 Å². The Labute approximate surface area is 65.5 Å². The minimum absolute atomic E-state index is 0.0573. The third-order valence-electron chi connectivity index (χ3n) is 1.41. The van der Waals surface area contributed by atoms with Gasteiger partial charge in [-0.15, -0.1) is 0 Å². The van der Waals surface area contributed by atoms with Crippen molar-refractivity contribution in [2.75, 3.05) is 34.3 Å². The van der Waals surface area contributed by atoms with Crippen LogP contribution in [0.5, 0.6) is 0 Å². The monoisotopic (exact) mass is 160 g/mol. The molecular formula is C6H12N2O3. The standard InChI is InChI=1S/C6H12N2O3/c1-7-3-11-5-8(4-10-2)6(7)9/h3-5H2,1-2H3. The van der Waals surface area contributed by atoms with Crippen LogP contribution in [0.4, 0.5) is 4.79 Å². The van der Waals surface area contributed by atoms with Crippen LogP contribution >= 0.6 is 0 Å². The lowest BCUT2D eigenvalue weighted by Crippen LogP contribution is -2.49. The molecule has 0 aromatic carbocycles. The second kappa shape index (κ2) is 3.54. The maximum atomic E-state index is 11.2. The van der Waals surface area contributed by atoms with Gasteiger partial charge in [-0.05, 0) is 0 Å². The van der Waals surface area contributed by atoms with E-state index in [0.717, 1.165) is 0 Å². The molecule has 0 aromatic heterocycles. The lowest BCUT2D eigenvalue weighted by molar-refractivity contribution is -0.0740. The van der Waals surface area contributed by atoms with Gasteiger partial charge in [0.15, 0.2) is 0 Å². The van der Waals surface area contributed by atoms with E-state index in [-0.39, 0.29) is 12.8 Å². The van der Waals surface area contributed by atoms with Crippen LogP contribution in [0.25, 0.3) is 0 Å². The van der Waals surface area contributed by atoms with E-state index in [1.807, 2.05) is 0 Å². The molecule has 1 heterocycles. The molecule has 1 aliphatic heterocycles. The highest BCUT2D eigenvalue weighted by molar-refractivity contribution is 5.74. The maximum absolute atomic E-state index is 11.2. The van der Waals surface area contributed by atoms with Gasteiger partial charge < -0.3 is 14.4 Å². The fourth-order valence-electron chi connectivity index (χ4n) is 0.888. The summed E-state index contributed by atoms with van der Waals surface area (Å²) < 4.78 is 9.87. The zero-order chi connectivity index (χ0) is 8.27. The molecule has 1 rings (SSSR count). The maximum Gasteiger partial charge on any atom is 0.325 e. The second-order valence-corrected chi connectivity index (χ2v) is 2.40. The van der Waals surface area contributed by atoms with Gasteiger partial charge in [0, 0.05) is 14.2 Å². The predicted molar refractivity (Wildman–Crippen MR) is 37.7 cm³/mol. The van der Waals surface area contributed by atoms with Crippen molar-refractivity contribution in [3.8, 4) is 0 Å². The summed E-state index contributed by atoms with van der Waals surface area (Å²) in [5.74, 6) is 0. The lowest BCUT2D eigenvalue weighted by Gasteiger charge is -2.32. The zero-order valence-electron chi connectivity index (χ0n) is 6.74.